The number of amides is 1. The fraction of sp³-hybridized carbons (Fsp3) is 0.583. The summed E-state index contributed by atoms with van der Waals surface area (Å²) in [6, 6.07) is 0. The zero-order valence-corrected chi connectivity index (χ0v) is 14.2. The number of sulfonamides is 1. The average molecular weight is 367 g/mol. The van der Waals surface area contributed by atoms with Crippen molar-refractivity contribution >= 4 is 33.5 Å². The molecule has 1 rings (SSSR count). The molecular formula is C12H19ClN4O5S. The number of anilines is 1. The predicted octanol–water partition coefficient (Wildman–Crippen LogP) is -0.633. The lowest BCUT2D eigenvalue weighted by Crippen LogP contribution is -2.46. The van der Waals surface area contributed by atoms with Crippen LogP contribution in [-0.2, 0) is 14.8 Å². The molecule has 0 radical (unpaired) electrons. The number of nitrogens with zero attached hydrogens (tertiary/aromatic N) is 2. The molecule has 1 amide bonds. The summed E-state index contributed by atoms with van der Waals surface area (Å²) >= 11 is 5.59. The average Bonchev–Trinajstić information content (AvgIpc) is 2.48. The molecule has 0 fully saturated rings. The fourth-order valence-corrected chi connectivity index (χ4v) is 2.36. The molecule has 0 aliphatic rings. The summed E-state index contributed by atoms with van der Waals surface area (Å²) < 4.78 is 25.8. The zero-order valence-electron chi connectivity index (χ0n) is 12.7. The molecular weight excluding hydrogens is 348 g/mol. The Labute approximate surface area is 139 Å². The summed E-state index contributed by atoms with van der Waals surface area (Å²) in [7, 11) is -3.77. The molecule has 9 nitrogen and oxygen atoms in total. The van der Waals surface area contributed by atoms with E-state index in [0.717, 1.165) is 0 Å². The lowest BCUT2D eigenvalue weighted by molar-refractivity contribution is -0.136. The number of aliphatic hydroxyl groups excluding tert-OH is 2. The third-order valence-electron chi connectivity index (χ3n) is 2.93. The molecule has 1 aromatic heterocycles. The predicted molar refractivity (Wildman–Crippen MR) is 84.3 cm³/mol. The standard InChI is InChI=1S/C12H19ClN4O5S/c1-12(2,7-18)9(19)10(20)14-3-4-23(21,22)17-11-15-5-8(13)6-16-11/h5-6,9,18-19H,3-4,7H2,1-2H3,(H,14,20)(H,15,16,17)/t9-/m0/s1. The van der Waals surface area contributed by atoms with Gasteiger partial charge in [0.15, 0.2) is 0 Å². The molecule has 0 aliphatic carbocycles. The Morgan fingerprint density at radius 3 is 2.48 bits per heavy atom. The van der Waals surface area contributed by atoms with Crippen LogP contribution in [0.5, 0.6) is 0 Å². The highest BCUT2D eigenvalue weighted by Crippen LogP contribution is 2.19. The minimum Gasteiger partial charge on any atom is -0.396 e. The van der Waals surface area contributed by atoms with Gasteiger partial charge in [0.2, 0.25) is 21.9 Å². The van der Waals surface area contributed by atoms with Gasteiger partial charge in [-0.05, 0) is 0 Å². The lowest BCUT2D eigenvalue weighted by Gasteiger charge is -2.27. The van der Waals surface area contributed by atoms with Gasteiger partial charge < -0.3 is 15.5 Å². The first-order valence-electron chi connectivity index (χ1n) is 6.62. The van der Waals surface area contributed by atoms with Crippen LogP contribution < -0.4 is 10.0 Å². The molecule has 0 saturated heterocycles. The van der Waals surface area contributed by atoms with Crippen molar-refractivity contribution in [2.24, 2.45) is 5.41 Å². The van der Waals surface area contributed by atoms with Gasteiger partial charge in [-0.2, -0.15) is 0 Å². The largest absolute Gasteiger partial charge is 0.396 e. The van der Waals surface area contributed by atoms with Crippen LogP contribution >= 0.6 is 11.6 Å². The van der Waals surface area contributed by atoms with E-state index in [1.165, 1.54) is 26.2 Å². The number of carbonyl (C=O) groups excluding carboxylic acids is 1. The number of hydrogen-bond acceptors (Lipinski definition) is 7. The molecule has 11 heteroatoms. The second kappa shape index (κ2) is 7.86. The first-order valence-corrected chi connectivity index (χ1v) is 8.65. The van der Waals surface area contributed by atoms with E-state index in [9.17, 15) is 18.3 Å². The van der Waals surface area contributed by atoms with E-state index < -0.39 is 39.8 Å². The molecule has 0 saturated carbocycles. The van der Waals surface area contributed by atoms with Crippen molar-refractivity contribution in [1.82, 2.24) is 15.3 Å². The summed E-state index contributed by atoms with van der Waals surface area (Å²) in [6.07, 6.45) is 1.02. The molecule has 1 heterocycles. The van der Waals surface area contributed by atoms with Gasteiger partial charge in [0.25, 0.3) is 0 Å². The maximum Gasteiger partial charge on any atom is 0.249 e. The van der Waals surface area contributed by atoms with Gasteiger partial charge in [0.05, 0.1) is 29.8 Å². The number of hydrogen-bond donors (Lipinski definition) is 4. The van der Waals surface area contributed by atoms with Crippen LogP contribution in [0, 0.1) is 5.41 Å². The first-order chi connectivity index (χ1) is 10.6. The second-order valence-corrected chi connectivity index (χ2v) is 7.76. The maximum absolute atomic E-state index is 11.8. The van der Waals surface area contributed by atoms with E-state index in [1.807, 2.05) is 0 Å². The Kier molecular flexibility index (Phi) is 6.69. The van der Waals surface area contributed by atoms with Crippen molar-refractivity contribution in [3.05, 3.63) is 17.4 Å². The maximum atomic E-state index is 11.8. The van der Waals surface area contributed by atoms with E-state index in [1.54, 1.807) is 0 Å². The van der Waals surface area contributed by atoms with Gasteiger partial charge >= 0.3 is 0 Å². The molecule has 0 aliphatic heterocycles. The van der Waals surface area contributed by atoms with Gasteiger partial charge in [0.1, 0.15) is 6.10 Å². The fourth-order valence-electron chi connectivity index (χ4n) is 1.40. The van der Waals surface area contributed by atoms with Gasteiger partial charge in [-0.25, -0.2) is 18.4 Å². The van der Waals surface area contributed by atoms with Crippen LogP contribution in [-0.4, -0.2) is 59.5 Å². The van der Waals surface area contributed by atoms with Crippen LogP contribution in [0.3, 0.4) is 0 Å². The highest BCUT2D eigenvalue weighted by molar-refractivity contribution is 7.92. The van der Waals surface area contributed by atoms with Gasteiger partial charge in [-0.3, -0.25) is 9.52 Å². The van der Waals surface area contributed by atoms with Crippen molar-refractivity contribution in [2.45, 2.75) is 20.0 Å². The van der Waals surface area contributed by atoms with E-state index >= 15 is 0 Å². The molecule has 0 unspecified atom stereocenters. The highest BCUT2D eigenvalue weighted by Gasteiger charge is 2.32. The van der Waals surface area contributed by atoms with Gasteiger partial charge in [0, 0.05) is 12.0 Å². The Balaban J connectivity index is 2.51. The molecule has 130 valence electrons. The van der Waals surface area contributed by atoms with Gasteiger partial charge in [-0.15, -0.1) is 0 Å². The van der Waals surface area contributed by atoms with Crippen molar-refractivity contribution in [1.29, 1.82) is 0 Å². The minimum absolute atomic E-state index is 0.137. The van der Waals surface area contributed by atoms with Crippen LogP contribution in [0.15, 0.2) is 12.4 Å². The lowest BCUT2D eigenvalue weighted by atomic mass is 9.87. The van der Waals surface area contributed by atoms with Gasteiger partial charge in [-0.1, -0.05) is 25.4 Å². The third-order valence-corrected chi connectivity index (χ3v) is 4.36. The van der Waals surface area contributed by atoms with E-state index in [0.29, 0.717) is 0 Å². The quantitative estimate of drug-likeness (QED) is 0.479. The number of aromatic nitrogens is 2. The second-order valence-electron chi connectivity index (χ2n) is 5.49. The van der Waals surface area contributed by atoms with Crippen LogP contribution in [0.1, 0.15) is 13.8 Å². The van der Waals surface area contributed by atoms with Crippen molar-refractivity contribution in [3.8, 4) is 0 Å². The molecule has 1 aromatic rings. The summed E-state index contributed by atoms with van der Waals surface area (Å²) in [6.45, 7) is 2.40. The summed E-state index contributed by atoms with van der Waals surface area (Å²) in [5.74, 6) is -1.33. The van der Waals surface area contributed by atoms with Crippen LogP contribution in [0.4, 0.5) is 5.95 Å². The Bertz CT molecular complexity index is 635. The monoisotopic (exact) mass is 366 g/mol. The molecule has 0 spiro atoms. The Morgan fingerprint density at radius 1 is 1.39 bits per heavy atom. The van der Waals surface area contributed by atoms with Crippen molar-refractivity contribution in [2.75, 3.05) is 23.6 Å². The van der Waals surface area contributed by atoms with E-state index in [4.69, 9.17) is 16.7 Å². The molecule has 1 atom stereocenters. The summed E-state index contributed by atoms with van der Waals surface area (Å²) in [4.78, 5) is 19.1. The number of halogens is 1. The summed E-state index contributed by atoms with van der Waals surface area (Å²) in [5.41, 5.74) is -1.03. The summed E-state index contributed by atoms with van der Waals surface area (Å²) in [5, 5.41) is 21.4. The van der Waals surface area contributed by atoms with Crippen LogP contribution in [0.2, 0.25) is 5.02 Å². The minimum atomic E-state index is -3.77. The number of nitrogens with one attached hydrogen (secondary N) is 2. The molecule has 4 N–H and O–H groups in total. The highest BCUT2D eigenvalue weighted by atomic mass is 35.5. The molecule has 23 heavy (non-hydrogen) atoms. The Morgan fingerprint density at radius 2 is 1.96 bits per heavy atom. The molecule has 0 aromatic carbocycles. The van der Waals surface area contributed by atoms with Crippen molar-refractivity contribution < 1.29 is 23.4 Å². The third kappa shape index (κ3) is 6.26. The van der Waals surface area contributed by atoms with Crippen LogP contribution in [0.25, 0.3) is 0 Å². The normalized spacial score (nSPS) is 13.4. The first kappa shape index (κ1) is 19.6. The number of carbonyl (C=O) groups is 1. The molecule has 0 bridgehead atoms. The zero-order chi connectivity index (χ0) is 17.7. The van der Waals surface area contributed by atoms with E-state index in [-0.39, 0.29) is 17.5 Å². The van der Waals surface area contributed by atoms with E-state index in [2.05, 4.69) is 20.0 Å². The number of aliphatic hydroxyl groups is 2. The smallest absolute Gasteiger partial charge is 0.249 e. The van der Waals surface area contributed by atoms with Crippen molar-refractivity contribution in [3.63, 3.8) is 0 Å². The number of rotatable bonds is 8. The topological polar surface area (TPSA) is 142 Å². The SMILES string of the molecule is CC(C)(CO)[C@@H](O)C(=O)NCCS(=O)(=O)Nc1ncc(Cl)cn1. The Hall–Kier alpha value is -1.49.